The Bertz CT molecular complexity index is 1090. The molecule has 1 amide bonds. The number of nitrogens with one attached hydrogen (secondary N) is 1. The summed E-state index contributed by atoms with van der Waals surface area (Å²) < 4.78 is 5.84. The van der Waals surface area contributed by atoms with Gasteiger partial charge in [-0.3, -0.25) is 15.1 Å². The van der Waals surface area contributed by atoms with E-state index in [-0.39, 0.29) is 12.0 Å². The molecule has 3 heterocycles. The Morgan fingerprint density at radius 3 is 2.55 bits per heavy atom. The second-order valence-electron chi connectivity index (χ2n) is 6.16. The highest BCUT2D eigenvalue weighted by molar-refractivity contribution is 7.18. The van der Waals surface area contributed by atoms with Gasteiger partial charge in [0.2, 0.25) is 11.0 Å². The topological polar surface area (TPSA) is 89.9 Å². The summed E-state index contributed by atoms with van der Waals surface area (Å²) in [4.78, 5) is 20.7. The first-order valence-electron chi connectivity index (χ1n) is 8.92. The molecule has 8 heteroatoms. The van der Waals surface area contributed by atoms with E-state index in [1.54, 1.807) is 24.5 Å². The lowest BCUT2D eigenvalue weighted by Gasteiger charge is -2.14. The van der Waals surface area contributed by atoms with E-state index in [4.69, 9.17) is 4.74 Å². The number of hydrogen-bond donors (Lipinski definition) is 1. The van der Waals surface area contributed by atoms with Gasteiger partial charge in [-0.15, -0.1) is 10.2 Å². The number of carbonyl (C=O) groups excluding carboxylic acids is 1. The molecule has 3 aromatic heterocycles. The number of ether oxygens (including phenoxy) is 1. The smallest absolute Gasteiger partial charge is 0.259 e. The summed E-state index contributed by atoms with van der Waals surface area (Å²) in [5.74, 6) is 0.145. The number of aromatic nitrogens is 4. The lowest BCUT2D eigenvalue weighted by Crippen LogP contribution is -2.12. The van der Waals surface area contributed by atoms with Crippen LogP contribution in [0.2, 0.25) is 0 Å². The van der Waals surface area contributed by atoms with Gasteiger partial charge in [0.05, 0.1) is 5.56 Å². The van der Waals surface area contributed by atoms with E-state index < -0.39 is 0 Å². The third kappa shape index (κ3) is 4.61. The van der Waals surface area contributed by atoms with E-state index >= 15 is 0 Å². The predicted molar refractivity (Wildman–Crippen MR) is 111 cm³/mol. The van der Waals surface area contributed by atoms with Crippen LogP contribution in [0, 0.1) is 0 Å². The second kappa shape index (κ2) is 8.57. The molecule has 4 aromatic rings. The number of hydrogen-bond acceptors (Lipinski definition) is 7. The summed E-state index contributed by atoms with van der Waals surface area (Å²) in [7, 11) is 0. The number of carbonyl (C=O) groups is 1. The van der Waals surface area contributed by atoms with Gasteiger partial charge in [-0.25, -0.2) is 4.98 Å². The van der Waals surface area contributed by atoms with Gasteiger partial charge in [0.25, 0.3) is 5.91 Å². The summed E-state index contributed by atoms with van der Waals surface area (Å²) in [5, 5.41) is 12.0. The molecule has 0 aliphatic carbocycles. The largest absolute Gasteiger partial charge is 0.470 e. The molecule has 0 fully saturated rings. The molecule has 1 unspecified atom stereocenters. The van der Waals surface area contributed by atoms with Crippen molar-refractivity contribution >= 4 is 22.4 Å². The van der Waals surface area contributed by atoms with Crippen LogP contribution in [0.3, 0.4) is 0 Å². The number of benzene rings is 1. The molecule has 29 heavy (non-hydrogen) atoms. The van der Waals surface area contributed by atoms with Crippen molar-refractivity contribution in [3.63, 3.8) is 0 Å². The van der Waals surface area contributed by atoms with E-state index in [2.05, 4.69) is 25.5 Å². The van der Waals surface area contributed by atoms with Crippen LogP contribution in [-0.4, -0.2) is 26.1 Å². The van der Waals surface area contributed by atoms with Crippen LogP contribution < -0.4 is 10.1 Å². The third-order valence-corrected chi connectivity index (χ3v) is 5.03. The van der Waals surface area contributed by atoms with E-state index in [9.17, 15) is 4.79 Å². The monoisotopic (exact) mass is 403 g/mol. The lowest BCUT2D eigenvalue weighted by molar-refractivity contribution is 0.102. The molecule has 1 atom stereocenters. The van der Waals surface area contributed by atoms with E-state index in [0.29, 0.717) is 21.6 Å². The summed E-state index contributed by atoms with van der Waals surface area (Å²) in [6, 6.07) is 16.9. The van der Waals surface area contributed by atoms with Crippen LogP contribution in [-0.2, 0) is 0 Å². The van der Waals surface area contributed by atoms with Gasteiger partial charge in [-0.2, -0.15) is 0 Å². The van der Waals surface area contributed by atoms with Gasteiger partial charge < -0.3 is 4.74 Å². The normalized spacial score (nSPS) is 11.6. The zero-order valence-corrected chi connectivity index (χ0v) is 16.3. The Hall–Kier alpha value is -3.65. The van der Waals surface area contributed by atoms with Crippen molar-refractivity contribution < 1.29 is 9.53 Å². The molecule has 7 nitrogen and oxygen atoms in total. The number of nitrogens with zero attached hydrogens (tertiary/aromatic N) is 4. The molecule has 1 aromatic carbocycles. The Morgan fingerprint density at radius 2 is 1.83 bits per heavy atom. The fraction of sp³-hybridized carbons (Fsp3) is 0.0952. The molecule has 0 saturated carbocycles. The van der Waals surface area contributed by atoms with Gasteiger partial charge in [0.15, 0.2) is 0 Å². The van der Waals surface area contributed by atoms with Crippen LogP contribution in [0.25, 0.3) is 10.6 Å². The fourth-order valence-electron chi connectivity index (χ4n) is 2.61. The Labute approximate surface area is 171 Å². The van der Waals surface area contributed by atoms with Crippen LogP contribution in [0.5, 0.6) is 5.88 Å². The van der Waals surface area contributed by atoms with Gasteiger partial charge in [-0.1, -0.05) is 41.7 Å². The van der Waals surface area contributed by atoms with Gasteiger partial charge >= 0.3 is 0 Å². The minimum atomic E-state index is -0.308. The number of pyridine rings is 2. The minimum Gasteiger partial charge on any atom is -0.470 e. The number of rotatable bonds is 6. The average Bonchev–Trinajstić information content (AvgIpc) is 3.24. The van der Waals surface area contributed by atoms with Crippen molar-refractivity contribution in [2.45, 2.75) is 13.0 Å². The van der Waals surface area contributed by atoms with Gasteiger partial charge in [-0.05, 0) is 30.7 Å². The maximum atomic E-state index is 12.5. The summed E-state index contributed by atoms with van der Waals surface area (Å²) in [6.07, 6.45) is 4.70. The van der Waals surface area contributed by atoms with E-state index in [1.807, 2.05) is 49.4 Å². The average molecular weight is 403 g/mol. The molecule has 0 radical (unpaired) electrons. The Balaban J connectivity index is 1.39. The highest BCUT2D eigenvalue weighted by Gasteiger charge is 2.13. The Kier molecular flexibility index (Phi) is 5.53. The van der Waals surface area contributed by atoms with Crippen LogP contribution in [0.1, 0.15) is 28.9 Å². The Morgan fingerprint density at radius 1 is 1.03 bits per heavy atom. The van der Waals surface area contributed by atoms with Crippen molar-refractivity contribution in [3.8, 4) is 16.5 Å². The number of amides is 1. The predicted octanol–water partition coefficient (Wildman–Crippen LogP) is 4.39. The van der Waals surface area contributed by atoms with Crippen molar-refractivity contribution in [3.05, 3.63) is 84.3 Å². The SMILES string of the molecule is CC(Oc1ccc(C(=O)Nc2nnc(-c3ccncc3)s2)cn1)c1ccccc1. The molecular weight excluding hydrogens is 386 g/mol. The first-order chi connectivity index (χ1) is 14.2. The van der Waals surface area contributed by atoms with Crippen LogP contribution >= 0.6 is 11.3 Å². The molecule has 144 valence electrons. The van der Waals surface area contributed by atoms with Crippen molar-refractivity contribution in [2.75, 3.05) is 5.32 Å². The lowest BCUT2D eigenvalue weighted by atomic mass is 10.1. The second-order valence-corrected chi connectivity index (χ2v) is 7.14. The molecule has 0 saturated heterocycles. The van der Waals surface area contributed by atoms with Crippen LogP contribution in [0.15, 0.2) is 73.2 Å². The summed E-state index contributed by atoms with van der Waals surface area (Å²) >= 11 is 1.29. The van der Waals surface area contributed by atoms with Crippen LogP contribution in [0.4, 0.5) is 5.13 Å². The summed E-state index contributed by atoms with van der Waals surface area (Å²) in [5.41, 5.74) is 2.36. The molecule has 4 rings (SSSR count). The first-order valence-corrected chi connectivity index (χ1v) is 9.73. The molecule has 1 N–H and O–H groups in total. The maximum Gasteiger partial charge on any atom is 0.259 e. The zero-order valence-electron chi connectivity index (χ0n) is 15.5. The molecular formula is C21H17N5O2S. The summed E-state index contributed by atoms with van der Waals surface area (Å²) in [6.45, 7) is 1.95. The zero-order chi connectivity index (χ0) is 20.1. The highest BCUT2D eigenvalue weighted by Crippen LogP contribution is 2.26. The van der Waals surface area contributed by atoms with Crippen molar-refractivity contribution in [2.24, 2.45) is 0 Å². The molecule has 0 aliphatic heterocycles. The van der Waals surface area contributed by atoms with Crippen molar-refractivity contribution in [1.29, 1.82) is 0 Å². The van der Waals surface area contributed by atoms with Crippen molar-refractivity contribution in [1.82, 2.24) is 20.2 Å². The van der Waals surface area contributed by atoms with Gasteiger partial charge in [0, 0.05) is 30.2 Å². The third-order valence-electron chi connectivity index (χ3n) is 4.14. The first kappa shape index (κ1) is 18.7. The van der Waals surface area contributed by atoms with Gasteiger partial charge in [0.1, 0.15) is 11.1 Å². The quantitative estimate of drug-likeness (QED) is 0.514. The molecule has 0 bridgehead atoms. The van der Waals surface area contributed by atoms with E-state index in [1.165, 1.54) is 17.5 Å². The minimum absolute atomic E-state index is 0.142. The molecule has 0 spiro atoms. The number of anilines is 1. The highest BCUT2D eigenvalue weighted by atomic mass is 32.1. The standard InChI is InChI=1S/C21H17N5O2S/c1-14(15-5-3-2-4-6-15)28-18-8-7-17(13-23-18)19(27)24-21-26-25-20(29-21)16-9-11-22-12-10-16/h2-14H,1H3,(H,24,26,27). The maximum absolute atomic E-state index is 12.5. The van der Waals surface area contributed by atoms with E-state index in [0.717, 1.165) is 11.1 Å². The fourth-order valence-corrected chi connectivity index (χ4v) is 3.36. The molecule has 0 aliphatic rings.